The van der Waals surface area contributed by atoms with Crippen molar-refractivity contribution in [1.29, 1.82) is 0 Å². The van der Waals surface area contributed by atoms with Crippen LogP contribution in [0.4, 0.5) is 4.79 Å². The first-order valence-corrected chi connectivity index (χ1v) is 9.92. The molecular weight excluding hydrogens is 392 g/mol. The standard InChI is InChI=1S/C24H24N4O3/c1-24(2,3)31-23(29)28-15-20(19-10-5-6-11-22(19)28)21-16-27(26-25-21)13-12-17-8-7-9-18(14-17)30-4/h5-16H,1-4H3/b13-12+. The molecule has 158 valence electrons. The third-order valence-corrected chi connectivity index (χ3v) is 4.60. The van der Waals surface area contributed by atoms with Crippen LogP contribution in [0.2, 0.25) is 0 Å². The topological polar surface area (TPSA) is 71.2 Å². The van der Waals surface area contributed by atoms with Gasteiger partial charge in [-0.3, -0.25) is 4.57 Å². The van der Waals surface area contributed by atoms with Gasteiger partial charge in [-0.15, -0.1) is 5.10 Å². The molecule has 0 unspecified atom stereocenters. The Bertz CT molecular complexity index is 1260. The maximum atomic E-state index is 12.7. The van der Waals surface area contributed by atoms with Gasteiger partial charge in [0.2, 0.25) is 0 Å². The van der Waals surface area contributed by atoms with Crippen LogP contribution in [0.5, 0.6) is 5.75 Å². The Kier molecular flexibility index (Phi) is 5.33. The summed E-state index contributed by atoms with van der Waals surface area (Å²) in [6, 6.07) is 15.4. The average Bonchev–Trinajstić information content (AvgIpc) is 3.36. The smallest absolute Gasteiger partial charge is 0.419 e. The molecule has 31 heavy (non-hydrogen) atoms. The van der Waals surface area contributed by atoms with Crippen molar-refractivity contribution >= 4 is 29.3 Å². The number of carbonyl (C=O) groups excluding carboxylic acids is 1. The summed E-state index contributed by atoms with van der Waals surface area (Å²) in [5.41, 5.74) is 2.62. The molecule has 0 radical (unpaired) electrons. The van der Waals surface area contributed by atoms with Crippen molar-refractivity contribution in [3.8, 4) is 17.0 Å². The van der Waals surface area contributed by atoms with Crippen LogP contribution in [0.3, 0.4) is 0 Å². The van der Waals surface area contributed by atoms with Crippen molar-refractivity contribution in [3.05, 3.63) is 66.5 Å². The van der Waals surface area contributed by atoms with E-state index < -0.39 is 11.7 Å². The lowest BCUT2D eigenvalue weighted by atomic mass is 10.1. The first-order valence-electron chi connectivity index (χ1n) is 9.92. The fourth-order valence-electron chi connectivity index (χ4n) is 3.23. The molecule has 0 spiro atoms. The zero-order valence-electron chi connectivity index (χ0n) is 17.9. The minimum Gasteiger partial charge on any atom is -0.497 e. The van der Waals surface area contributed by atoms with Crippen LogP contribution in [-0.4, -0.2) is 38.4 Å². The molecule has 2 aromatic carbocycles. The zero-order chi connectivity index (χ0) is 22.0. The van der Waals surface area contributed by atoms with Gasteiger partial charge in [-0.1, -0.05) is 35.5 Å². The largest absolute Gasteiger partial charge is 0.497 e. The summed E-state index contributed by atoms with van der Waals surface area (Å²) < 4.78 is 14.0. The number of benzene rings is 2. The molecule has 0 amide bonds. The molecule has 0 aliphatic heterocycles. The van der Waals surface area contributed by atoms with Gasteiger partial charge in [-0.25, -0.2) is 9.48 Å². The van der Waals surface area contributed by atoms with Gasteiger partial charge in [0.25, 0.3) is 0 Å². The van der Waals surface area contributed by atoms with Gasteiger partial charge in [-0.2, -0.15) is 0 Å². The molecule has 2 aromatic heterocycles. The summed E-state index contributed by atoms with van der Waals surface area (Å²) in [5, 5.41) is 9.40. The van der Waals surface area contributed by atoms with Gasteiger partial charge in [0.05, 0.1) is 18.8 Å². The molecule has 7 nitrogen and oxygen atoms in total. The molecule has 0 bridgehead atoms. The van der Waals surface area contributed by atoms with Crippen molar-refractivity contribution < 1.29 is 14.3 Å². The Morgan fingerprint density at radius 3 is 2.65 bits per heavy atom. The minimum atomic E-state index is -0.587. The number of methoxy groups -OCH3 is 1. The highest BCUT2D eigenvalue weighted by atomic mass is 16.6. The second kappa shape index (κ2) is 8.10. The van der Waals surface area contributed by atoms with Crippen LogP contribution >= 0.6 is 0 Å². The number of ether oxygens (including phenoxy) is 2. The predicted molar refractivity (Wildman–Crippen MR) is 121 cm³/mol. The first kappa shape index (κ1) is 20.4. The number of carbonyl (C=O) groups is 1. The SMILES string of the molecule is COc1cccc(/C=C/n2cc(-c3cn(C(=O)OC(C)(C)C)c4ccccc34)nn2)c1. The maximum Gasteiger partial charge on any atom is 0.419 e. The van der Waals surface area contributed by atoms with Crippen LogP contribution in [0, 0.1) is 0 Å². The van der Waals surface area contributed by atoms with E-state index in [1.165, 1.54) is 4.57 Å². The van der Waals surface area contributed by atoms with Gasteiger partial charge in [0.15, 0.2) is 0 Å². The highest BCUT2D eigenvalue weighted by Gasteiger charge is 2.21. The lowest BCUT2D eigenvalue weighted by molar-refractivity contribution is 0.0544. The van der Waals surface area contributed by atoms with Gasteiger partial charge < -0.3 is 9.47 Å². The second-order valence-electron chi connectivity index (χ2n) is 8.09. The van der Waals surface area contributed by atoms with E-state index in [1.54, 1.807) is 18.0 Å². The van der Waals surface area contributed by atoms with Crippen LogP contribution < -0.4 is 4.74 Å². The summed E-state index contributed by atoms with van der Waals surface area (Å²) in [5.74, 6) is 0.788. The highest BCUT2D eigenvalue weighted by Crippen LogP contribution is 2.30. The molecule has 4 aromatic rings. The van der Waals surface area contributed by atoms with Gasteiger partial charge in [-0.05, 0) is 50.6 Å². The van der Waals surface area contributed by atoms with E-state index in [2.05, 4.69) is 10.3 Å². The molecule has 0 fully saturated rings. The third-order valence-electron chi connectivity index (χ3n) is 4.60. The lowest BCUT2D eigenvalue weighted by Gasteiger charge is -2.19. The van der Waals surface area contributed by atoms with Crippen LogP contribution in [0.15, 0.2) is 60.9 Å². The van der Waals surface area contributed by atoms with Crippen LogP contribution in [0.1, 0.15) is 26.3 Å². The monoisotopic (exact) mass is 416 g/mol. The summed E-state index contributed by atoms with van der Waals surface area (Å²) in [4.78, 5) is 12.7. The Morgan fingerprint density at radius 1 is 1.06 bits per heavy atom. The maximum absolute atomic E-state index is 12.7. The van der Waals surface area contributed by atoms with E-state index in [0.717, 1.165) is 27.8 Å². The molecule has 0 N–H and O–H groups in total. The number of fused-ring (bicyclic) bond motifs is 1. The molecule has 0 saturated heterocycles. The fourth-order valence-corrected chi connectivity index (χ4v) is 3.23. The number of hydrogen-bond acceptors (Lipinski definition) is 5. The highest BCUT2D eigenvalue weighted by molar-refractivity contribution is 5.99. The summed E-state index contributed by atoms with van der Waals surface area (Å²) in [6.07, 6.45) is 6.88. The molecule has 4 rings (SSSR count). The van der Waals surface area contributed by atoms with Crippen molar-refractivity contribution in [1.82, 2.24) is 19.6 Å². The Morgan fingerprint density at radius 2 is 1.87 bits per heavy atom. The number of nitrogens with zero attached hydrogens (tertiary/aromatic N) is 4. The van der Waals surface area contributed by atoms with Crippen molar-refractivity contribution in [2.75, 3.05) is 7.11 Å². The van der Waals surface area contributed by atoms with E-state index >= 15 is 0 Å². The van der Waals surface area contributed by atoms with E-state index in [4.69, 9.17) is 9.47 Å². The quantitative estimate of drug-likeness (QED) is 0.450. The van der Waals surface area contributed by atoms with Crippen LogP contribution in [-0.2, 0) is 4.74 Å². The van der Waals surface area contributed by atoms with E-state index in [0.29, 0.717) is 5.69 Å². The Hall–Kier alpha value is -3.87. The van der Waals surface area contributed by atoms with Gasteiger partial charge in [0, 0.05) is 23.3 Å². The van der Waals surface area contributed by atoms with E-state index in [9.17, 15) is 4.79 Å². The summed E-state index contributed by atoms with van der Waals surface area (Å²) in [7, 11) is 1.64. The number of rotatable bonds is 4. The first-order chi connectivity index (χ1) is 14.8. The van der Waals surface area contributed by atoms with E-state index in [-0.39, 0.29) is 0 Å². The average molecular weight is 416 g/mol. The second-order valence-corrected chi connectivity index (χ2v) is 8.09. The minimum absolute atomic E-state index is 0.430. The number of aromatic nitrogens is 4. The Labute approximate surface area is 180 Å². The predicted octanol–water partition coefficient (Wildman–Crippen LogP) is 5.32. The Balaban J connectivity index is 1.66. The zero-order valence-corrected chi connectivity index (χ0v) is 17.9. The van der Waals surface area contributed by atoms with Crippen molar-refractivity contribution in [2.45, 2.75) is 26.4 Å². The van der Waals surface area contributed by atoms with Crippen LogP contribution in [0.25, 0.3) is 34.4 Å². The molecule has 0 saturated carbocycles. The molecule has 0 aliphatic rings. The summed E-state index contributed by atoms with van der Waals surface area (Å²) in [6.45, 7) is 5.53. The van der Waals surface area contributed by atoms with Crippen molar-refractivity contribution in [2.24, 2.45) is 0 Å². The fraction of sp³-hybridized carbons (Fsp3) is 0.208. The third kappa shape index (κ3) is 4.50. The lowest BCUT2D eigenvalue weighted by Crippen LogP contribution is -2.26. The molecule has 2 heterocycles. The van der Waals surface area contributed by atoms with Crippen molar-refractivity contribution in [3.63, 3.8) is 0 Å². The molecule has 7 heteroatoms. The normalized spacial score (nSPS) is 11.9. The van der Waals surface area contributed by atoms with Gasteiger partial charge >= 0.3 is 6.09 Å². The van der Waals surface area contributed by atoms with Gasteiger partial charge in [0.1, 0.15) is 17.0 Å². The molecule has 0 aliphatic carbocycles. The van der Waals surface area contributed by atoms with E-state index in [1.807, 2.05) is 87.8 Å². The number of hydrogen-bond donors (Lipinski definition) is 0. The molecule has 0 atom stereocenters. The number of para-hydroxylation sites is 1. The molecular formula is C24H24N4O3. The summed E-state index contributed by atoms with van der Waals surface area (Å²) >= 11 is 0.